The molecule has 0 spiro atoms. The highest BCUT2D eigenvalue weighted by molar-refractivity contribution is 7.89. The Kier molecular flexibility index (Phi) is 7.23. The first-order chi connectivity index (χ1) is 15.4. The molecule has 2 aliphatic heterocycles. The van der Waals surface area contributed by atoms with E-state index in [4.69, 9.17) is 0 Å². The van der Waals surface area contributed by atoms with Crippen LogP contribution in [0.4, 0.5) is 4.39 Å². The Balaban J connectivity index is 1.42. The number of amides is 1. The van der Waals surface area contributed by atoms with Gasteiger partial charge in [-0.3, -0.25) is 9.69 Å². The number of carbonyl (C=O) groups excluding carboxylic acids is 1. The highest BCUT2D eigenvalue weighted by atomic mass is 32.2. The summed E-state index contributed by atoms with van der Waals surface area (Å²) in [5, 5.41) is 0. The monoisotopic (exact) mass is 459 g/mol. The summed E-state index contributed by atoms with van der Waals surface area (Å²) in [5.41, 5.74) is 1.46. The lowest BCUT2D eigenvalue weighted by molar-refractivity contribution is 0.0761. The van der Waals surface area contributed by atoms with Gasteiger partial charge in [0.25, 0.3) is 5.91 Å². The maximum atomic E-state index is 13.2. The molecule has 8 heteroatoms. The maximum absolute atomic E-state index is 13.2. The Morgan fingerprint density at radius 1 is 0.844 bits per heavy atom. The predicted octanol–water partition coefficient (Wildman–Crippen LogP) is 3.35. The molecule has 0 aliphatic carbocycles. The van der Waals surface area contributed by atoms with Gasteiger partial charge >= 0.3 is 0 Å². The van der Waals surface area contributed by atoms with Crippen molar-refractivity contribution in [1.29, 1.82) is 0 Å². The van der Waals surface area contributed by atoms with Crippen molar-refractivity contribution in [3.8, 4) is 0 Å². The van der Waals surface area contributed by atoms with E-state index < -0.39 is 10.0 Å². The van der Waals surface area contributed by atoms with Crippen molar-refractivity contribution in [2.75, 3.05) is 39.3 Å². The van der Waals surface area contributed by atoms with E-state index in [-0.39, 0.29) is 16.6 Å². The summed E-state index contributed by atoms with van der Waals surface area (Å²) < 4.78 is 40.7. The summed E-state index contributed by atoms with van der Waals surface area (Å²) in [7, 11) is -3.57. The molecule has 0 saturated carbocycles. The van der Waals surface area contributed by atoms with Crippen LogP contribution in [0.3, 0.4) is 0 Å². The minimum absolute atomic E-state index is 0.135. The third kappa shape index (κ3) is 5.36. The van der Waals surface area contributed by atoms with Crippen molar-refractivity contribution < 1.29 is 17.6 Å². The fraction of sp³-hybridized carbons (Fsp3) is 0.458. The summed E-state index contributed by atoms with van der Waals surface area (Å²) >= 11 is 0. The highest BCUT2D eigenvalue weighted by Gasteiger charge is 2.27. The van der Waals surface area contributed by atoms with Crippen LogP contribution in [-0.2, 0) is 16.6 Å². The topological polar surface area (TPSA) is 60.9 Å². The average molecular weight is 460 g/mol. The molecule has 2 heterocycles. The van der Waals surface area contributed by atoms with Gasteiger partial charge in [0.2, 0.25) is 10.0 Å². The second-order valence-corrected chi connectivity index (χ2v) is 10.5. The number of sulfonamides is 1. The molecule has 2 aliphatic rings. The Morgan fingerprint density at radius 3 is 2.34 bits per heavy atom. The number of rotatable bonds is 5. The van der Waals surface area contributed by atoms with Gasteiger partial charge in [-0.2, -0.15) is 4.31 Å². The van der Waals surface area contributed by atoms with Crippen LogP contribution in [0.1, 0.15) is 41.6 Å². The molecule has 2 fully saturated rings. The standard InChI is InChI=1S/C24H30FN3O3S/c25-22-10-8-20(9-11-22)19-26-12-5-13-27(17-16-26)24(29)21-6-4-7-23(18-21)32(30,31)28-14-2-1-3-15-28/h4,6-11,18H,1-3,5,12-17,19H2. The van der Waals surface area contributed by atoms with E-state index in [1.165, 1.54) is 22.5 Å². The van der Waals surface area contributed by atoms with Gasteiger partial charge in [-0.05, 0) is 55.2 Å². The van der Waals surface area contributed by atoms with Crippen molar-refractivity contribution >= 4 is 15.9 Å². The summed E-state index contributed by atoms with van der Waals surface area (Å²) in [6.45, 7) is 4.56. The molecular formula is C24H30FN3O3S. The summed E-state index contributed by atoms with van der Waals surface area (Å²) in [6.07, 6.45) is 3.64. The average Bonchev–Trinajstić information content (AvgIpc) is 3.06. The van der Waals surface area contributed by atoms with Gasteiger partial charge in [0.05, 0.1) is 4.90 Å². The molecule has 0 bridgehead atoms. The number of hydrogen-bond acceptors (Lipinski definition) is 4. The molecular weight excluding hydrogens is 429 g/mol. The third-order valence-electron chi connectivity index (χ3n) is 6.23. The number of nitrogens with zero attached hydrogens (tertiary/aromatic N) is 3. The van der Waals surface area contributed by atoms with Crippen molar-refractivity contribution in [1.82, 2.24) is 14.1 Å². The van der Waals surface area contributed by atoms with Crippen molar-refractivity contribution in [3.05, 3.63) is 65.5 Å². The first kappa shape index (κ1) is 22.9. The zero-order valence-electron chi connectivity index (χ0n) is 18.2. The van der Waals surface area contributed by atoms with Gasteiger partial charge in [-0.25, -0.2) is 12.8 Å². The van der Waals surface area contributed by atoms with Crippen LogP contribution in [0.15, 0.2) is 53.4 Å². The van der Waals surface area contributed by atoms with Gasteiger partial charge in [-0.15, -0.1) is 0 Å². The fourth-order valence-electron chi connectivity index (χ4n) is 4.41. The van der Waals surface area contributed by atoms with Crippen LogP contribution in [0, 0.1) is 5.82 Å². The first-order valence-corrected chi connectivity index (χ1v) is 12.7. The van der Waals surface area contributed by atoms with E-state index in [0.29, 0.717) is 38.3 Å². The first-order valence-electron chi connectivity index (χ1n) is 11.3. The maximum Gasteiger partial charge on any atom is 0.253 e. The second kappa shape index (κ2) is 10.1. The van der Waals surface area contributed by atoms with Crippen LogP contribution < -0.4 is 0 Å². The van der Waals surface area contributed by atoms with E-state index in [1.54, 1.807) is 35.2 Å². The zero-order valence-corrected chi connectivity index (χ0v) is 19.1. The molecule has 6 nitrogen and oxygen atoms in total. The summed E-state index contributed by atoms with van der Waals surface area (Å²) in [5.74, 6) is -0.379. The van der Waals surface area contributed by atoms with Crippen molar-refractivity contribution in [2.45, 2.75) is 37.1 Å². The molecule has 1 amide bonds. The van der Waals surface area contributed by atoms with Gasteiger partial charge in [0.1, 0.15) is 5.82 Å². The molecule has 0 N–H and O–H groups in total. The Hall–Kier alpha value is -2.29. The predicted molar refractivity (Wildman–Crippen MR) is 121 cm³/mol. The summed E-state index contributed by atoms with van der Waals surface area (Å²) in [6, 6.07) is 13.0. The molecule has 2 saturated heterocycles. The van der Waals surface area contributed by atoms with Crippen molar-refractivity contribution in [3.63, 3.8) is 0 Å². The van der Waals surface area contributed by atoms with Crippen LogP contribution in [0.25, 0.3) is 0 Å². The van der Waals surface area contributed by atoms with E-state index in [0.717, 1.165) is 44.3 Å². The van der Waals surface area contributed by atoms with Gasteiger partial charge in [0, 0.05) is 51.4 Å². The van der Waals surface area contributed by atoms with Crippen molar-refractivity contribution in [2.24, 2.45) is 0 Å². The number of hydrogen-bond donors (Lipinski definition) is 0. The van der Waals surface area contributed by atoms with Gasteiger partial charge in [-0.1, -0.05) is 24.6 Å². The van der Waals surface area contributed by atoms with Gasteiger partial charge in [0.15, 0.2) is 0 Å². The van der Waals surface area contributed by atoms with Crippen LogP contribution in [0.2, 0.25) is 0 Å². The number of benzene rings is 2. The number of carbonyl (C=O) groups is 1. The van der Waals surface area contributed by atoms with Crippen LogP contribution >= 0.6 is 0 Å². The third-order valence-corrected chi connectivity index (χ3v) is 8.12. The highest BCUT2D eigenvalue weighted by Crippen LogP contribution is 2.22. The molecule has 0 radical (unpaired) electrons. The van der Waals surface area contributed by atoms with Crippen LogP contribution in [0.5, 0.6) is 0 Å². The van der Waals surface area contributed by atoms with Crippen LogP contribution in [-0.4, -0.2) is 67.7 Å². The normalized spacial score (nSPS) is 19.0. The number of halogens is 1. The Labute approximate surface area is 189 Å². The van der Waals surface area contributed by atoms with E-state index in [1.807, 2.05) is 0 Å². The second-order valence-electron chi connectivity index (χ2n) is 8.54. The summed E-state index contributed by atoms with van der Waals surface area (Å²) in [4.78, 5) is 17.4. The van der Waals surface area contributed by atoms with E-state index >= 15 is 0 Å². The molecule has 4 rings (SSSR count). The molecule has 32 heavy (non-hydrogen) atoms. The lowest BCUT2D eigenvalue weighted by Crippen LogP contribution is -2.36. The Bertz CT molecular complexity index is 1040. The fourth-order valence-corrected chi connectivity index (χ4v) is 5.97. The lowest BCUT2D eigenvalue weighted by Gasteiger charge is -2.26. The number of piperidine rings is 1. The molecule has 0 aromatic heterocycles. The Morgan fingerprint density at radius 2 is 1.59 bits per heavy atom. The molecule has 2 aromatic rings. The smallest absolute Gasteiger partial charge is 0.253 e. The molecule has 0 unspecified atom stereocenters. The molecule has 172 valence electrons. The van der Waals surface area contributed by atoms with E-state index in [2.05, 4.69) is 4.90 Å². The van der Waals surface area contributed by atoms with Gasteiger partial charge < -0.3 is 4.90 Å². The minimum atomic E-state index is -3.57. The quantitative estimate of drug-likeness (QED) is 0.688. The zero-order chi connectivity index (χ0) is 22.6. The molecule has 0 atom stereocenters. The molecule has 2 aromatic carbocycles. The minimum Gasteiger partial charge on any atom is -0.337 e. The SMILES string of the molecule is O=C(c1cccc(S(=O)(=O)N2CCCCC2)c1)N1CCCN(Cc2ccc(F)cc2)CC1. The van der Waals surface area contributed by atoms with E-state index in [9.17, 15) is 17.6 Å². The lowest BCUT2D eigenvalue weighted by atomic mass is 10.2. The largest absolute Gasteiger partial charge is 0.337 e.